The van der Waals surface area contributed by atoms with Gasteiger partial charge in [0.2, 0.25) is 0 Å². The van der Waals surface area contributed by atoms with Crippen molar-refractivity contribution in [2.24, 2.45) is 10.4 Å². The third-order valence-corrected chi connectivity index (χ3v) is 1.40. The van der Waals surface area contributed by atoms with Crippen molar-refractivity contribution in [1.29, 1.82) is 0 Å². The van der Waals surface area contributed by atoms with Crippen molar-refractivity contribution in [1.82, 2.24) is 0 Å². The van der Waals surface area contributed by atoms with Crippen LogP contribution in [0.2, 0.25) is 0 Å². The molecule has 1 aliphatic heterocycles. The first-order valence-electron chi connectivity index (χ1n) is 3.13. The molecule has 1 rings (SSSR count). The second-order valence-corrected chi connectivity index (χ2v) is 2.46. The number of hydrogen-bond donors (Lipinski definition) is 0. The summed E-state index contributed by atoms with van der Waals surface area (Å²) in [6, 6.07) is 0. The predicted octanol–water partition coefficient (Wildman–Crippen LogP) is 2.17. The van der Waals surface area contributed by atoms with Gasteiger partial charge in [-0.05, 0) is 13.8 Å². The molecule has 48 valence electrons. The van der Waals surface area contributed by atoms with E-state index in [4.69, 9.17) is 0 Å². The van der Waals surface area contributed by atoms with Gasteiger partial charge < -0.3 is 0 Å². The highest BCUT2D eigenvalue weighted by molar-refractivity contribution is 5.74. The lowest BCUT2D eigenvalue weighted by Gasteiger charge is -2.09. The highest BCUT2D eigenvalue weighted by Crippen LogP contribution is 2.21. The van der Waals surface area contributed by atoms with Crippen LogP contribution in [0.25, 0.3) is 0 Å². The van der Waals surface area contributed by atoms with E-state index in [-0.39, 0.29) is 5.41 Å². The normalized spacial score (nSPS) is 32.7. The molecule has 0 aromatic rings. The van der Waals surface area contributed by atoms with Crippen LogP contribution in [0.4, 0.5) is 0 Å². The Bertz CT molecular complexity index is 163. The maximum Gasteiger partial charge on any atom is 0.0405 e. The monoisotopic (exact) mass is 121 g/mol. The highest BCUT2D eigenvalue weighted by Gasteiger charge is 2.15. The van der Waals surface area contributed by atoms with Crippen molar-refractivity contribution in [2.75, 3.05) is 0 Å². The number of rotatable bonds is 1. The average Bonchev–Trinajstić information content (AvgIpc) is 2.16. The van der Waals surface area contributed by atoms with Gasteiger partial charge in [-0.1, -0.05) is 18.2 Å². The molecule has 0 radical (unpaired) electrons. The van der Waals surface area contributed by atoms with E-state index in [1.807, 2.05) is 25.4 Å². The van der Waals surface area contributed by atoms with Gasteiger partial charge in [0.15, 0.2) is 0 Å². The van der Waals surface area contributed by atoms with Crippen LogP contribution in [0, 0.1) is 5.41 Å². The number of aliphatic imine (C=N–C) groups is 1. The molecule has 1 aliphatic rings. The molecular weight excluding hydrogens is 110 g/mol. The summed E-state index contributed by atoms with van der Waals surface area (Å²) in [5.74, 6) is 0. The molecule has 1 atom stereocenters. The summed E-state index contributed by atoms with van der Waals surface area (Å²) in [6.45, 7) is 4.14. The minimum atomic E-state index is 0.0920. The van der Waals surface area contributed by atoms with E-state index >= 15 is 0 Å². The van der Waals surface area contributed by atoms with E-state index in [2.05, 4.69) is 24.1 Å². The molecule has 1 heteroatoms. The molecule has 0 spiro atoms. The Balaban J connectivity index is 2.75. The highest BCUT2D eigenvalue weighted by atomic mass is 14.7. The predicted molar refractivity (Wildman–Crippen MR) is 40.6 cm³/mol. The van der Waals surface area contributed by atoms with Crippen molar-refractivity contribution in [3.63, 3.8) is 0 Å². The van der Waals surface area contributed by atoms with Gasteiger partial charge in [0, 0.05) is 17.8 Å². The molecule has 0 aliphatic carbocycles. The van der Waals surface area contributed by atoms with Crippen molar-refractivity contribution >= 4 is 6.21 Å². The van der Waals surface area contributed by atoms with Crippen LogP contribution >= 0.6 is 0 Å². The third kappa shape index (κ3) is 1.28. The Hall–Kier alpha value is -0.850. The van der Waals surface area contributed by atoms with Crippen molar-refractivity contribution in [3.8, 4) is 0 Å². The molecule has 0 aromatic heterocycles. The summed E-state index contributed by atoms with van der Waals surface area (Å²) < 4.78 is 0. The topological polar surface area (TPSA) is 12.4 Å². The minimum absolute atomic E-state index is 0.0920. The Labute approximate surface area is 55.8 Å². The Kier molecular flexibility index (Phi) is 1.52. The second kappa shape index (κ2) is 2.18. The van der Waals surface area contributed by atoms with E-state index in [1.165, 1.54) is 0 Å². The van der Waals surface area contributed by atoms with Gasteiger partial charge in [-0.2, -0.15) is 0 Å². The average molecular weight is 121 g/mol. The molecule has 0 N–H and O–H groups in total. The van der Waals surface area contributed by atoms with Crippen molar-refractivity contribution < 1.29 is 0 Å². The molecule has 1 heterocycles. The van der Waals surface area contributed by atoms with Gasteiger partial charge >= 0.3 is 0 Å². The fourth-order valence-electron chi connectivity index (χ4n) is 0.908. The van der Waals surface area contributed by atoms with E-state index in [0.29, 0.717) is 0 Å². The first-order valence-corrected chi connectivity index (χ1v) is 3.13. The molecule has 0 aromatic carbocycles. The van der Waals surface area contributed by atoms with Crippen LogP contribution in [0.3, 0.4) is 0 Å². The lowest BCUT2D eigenvalue weighted by molar-refractivity contribution is 0.804. The molecule has 0 saturated heterocycles. The summed E-state index contributed by atoms with van der Waals surface area (Å²) in [5.41, 5.74) is 0.0920. The van der Waals surface area contributed by atoms with Gasteiger partial charge in [-0.15, -0.1) is 0 Å². The fraction of sp³-hybridized carbons (Fsp3) is 0.375. The van der Waals surface area contributed by atoms with Crippen molar-refractivity contribution in [3.05, 3.63) is 24.4 Å². The first kappa shape index (κ1) is 6.27. The van der Waals surface area contributed by atoms with Gasteiger partial charge in [0.05, 0.1) is 0 Å². The zero-order valence-corrected chi connectivity index (χ0v) is 5.83. The van der Waals surface area contributed by atoms with Crippen molar-refractivity contribution in [2.45, 2.75) is 13.8 Å². The van der Waals surface area contributed by atoms with Crippen LogP contribution in [-0.2, 0) is 0 Å². The molecule has 0 bridgehead atoms. The van der Waals surface area contributed by atoms with E-state index in [0.717, 1.165) is 0 Å². The maximum atomic E-state index is 4.00. The largest absolute Gasteiger partial charge is 0.268 e. The van der Waals surface area contributed by atoms with Gasteiger partial charge in [-0.25, -0.2) is 0 Å². The Morgan fingerprint density at radius 1 is 1.56 bits per heavy atom. The molecule has 9 heavy (non-hydrogen) atoms. The Morgan fingerprint density at radius 3 is 2.78 bits per heavy atom. The summed E-state index contributed by atoms with van der Waals surface area (Å²) >= 11 is 0. The molecule has 1 nitrogen and oxygen atoms in total. The number of hydrogen-bond acceptors (Lipinski definition) is 1. The smallest absolute Gasteiger partial charge is 0.0405 e. The molecule has 0 fully saturated rings. The second-order valence-electron chi connectivity index (χ2n) is 2.46. The Morgan fingerprint density at radius 2 is 2.33 bits per heavy atom. The van der Waals surface area contributed by atoms with E-state index < -0.39 is 0 Å². The fourth-order valence-corrected chi connectivity index (χ4v) is 0.908. The quantitative estimate of drug-likeness (QED) is 0.471. The number of nitrogens with zero attached hydrogens (tertiary/aromatic N) is 1. The summed E-state index contributed by atoms with van der Waals surface area (Å²) in [6.07, 6.45) is 10.0. The molecule has 1 unspecified atom stereocenters. The summed E-state index contributed by atoms with van der Waals surface area (Å²) in [5, 5.41) is 0. The zero-order valence-electron chi connectivity index (χ0n) is 5.83. The number of allylic oxidation sites excluding steroid dienone is 3. The van der Waals surface area contributed by atoms with E-state index in [9.17, 15) is 0 Å². The summed E-state index contributed by atoms with van der Waals surface area (Å²) in [7, 11) is 0. The minimum Gasteiger partial charge on any atom is -0.268 e. The van der Waals surface area contributed by atoms with Crippen LogP contribution in [0.5, 0.6) is 0 Å². The maximum absolute atomic E-state index is 4.00. The van der Waals surface area contributed by atoms with Gasteiger partial charge in [0.25, 0.3) is 0 Å². The lowest BCUT2D eigenvalue weighted by Crippen LogP contribution is -2.06. The standard InChI is InChI=1S/C8H11N/c1-3-4-8(2)5-6-9-7-8/h3-7H,1-2H3. The first-order chi connectivity index (χ1) is 4.27. The lowest BCUT2D eigenvalue weighted by atomic mass is 9.93. The van der Waals surface area contributed by atoms with Crippen LogP contribution in [0.1, 0.15) is 13.8 Å². The zero-order chi connectivity index (χ0) is 6.74. The van der Waals surface area contributed by atoms with Gasteiger partial charge in [0.1, 0.15) is 0 Å². The van der Waals surface area contributed by atoms with Crippen LogP contribution in [-0.4, -0.2) is 6.21 Å². The van der Waals surface area contributed by atoms with Crippen LogP contribution < -0.4 is 0 Å². The SMILES string of the molecule is CC=CC1(C)C=CN=C1. The van der Waals surface area contributed by atoms with E-state index in [1.54, 1.807) is 0 Å². The van der Waals surface area contributed by atoms with Gasteiger partial charge in [-0.3, -0.25) is 4.99 Å². The molecular formula is C8H11N. The molecule has 0 saturated carbocycles. The third-order valence-electron chi connectivity index (χ3n) is 1.40. The molecule has 0 amide bonds. The summed E-state index contributed by atoms with van der Waals surface area (Å²) in [4.78, 5) is 4.00. The van der Waals surface area contributed by atoms with Crippen LogP contribution in [0.15, 0.2) is 29.4 Å².